The van der Waals surface area contributed by atoms with Gasteiger partial charge in [0, 0.05) is 34.0 Å². The zero-order valence-corrected chi connectivity index (χ0v) is 22.2. The molecule has 0 aliphatic rings. The molecule has 1 unspecified atom stereocenters. The highest BCUT2D eigenvalue weighted by atomic mass is 16.5. The Labute approximate surface area is 206 Å². The normalized spacial score (nSPS) is 10.3. The van der Waals surface area contributed by atoms with Gasteiger partial charge in [-0.15, -0.1) is 0 Å². The monoisotopic (exact) mass is 496 g/mol. The number of unbranched alkanes of at least 4 members (excludes halogenated alkanes) is 10. The Bertz CT molecular complexity index is 395. The molecule has 0 aromatic carbocycles. The highest BCUT2D eigenvalue weighted by Gasteiger charge is 2.02. The molecule has 0 amide bonds. The van der Waals surface area contributed by atoms with Crippen LogP contribution in [-0.2, 0) is 23.9 Å². The van der Waals surface area contributed by atoms with E-state index in [1.54, 1.807) is 0 Å². The van der Waals surface area contributed by atoms with E-state index in [2.05, 4.69) is 18.6 Å². The lowest BCUT2D eigenvalue weighted by atomic mass is 10.1. The van der Waals surface area contributed by atoms with E-state index >= 15 is 0 Å². The second-order valence-corrected chi connectivity index (χ2v) is 7.82. The van der Waals surface area contributed by atoms with Crippen LogP contribution in [0.3, 0.4) is 0 Å². The molecule has 0 bridgehead atoms. The molecular weight excluding hydrogens is 444 g/mol. The van der Waals surface area contributed by atoms with Crippen LogP contribution in [0, 0.1) is 0 Å². The SMILES string of the molecule is CC(=O)O.CC(=O)O.CC(=O)OCC(O)CO.CCCCCCCCOCCCCCCCC. The summed E-state index contributed by atoms with van der Waals surface area (Å²) in [6, 6.07) is 0. The summed E-state index contributed by atoms with van der Waals surface area (Å²) in [5.41, 5.74) is 0. The van der Waals surface area contributed by atoms with E-state index in [1.165, 1.54) is 84.0 Å². The molecule has 1 atom stereocenters. The number of carbonyl (C=O) groups is 3. The van der Waals surface area contributed by atoms with Gasteiger partial charge in [0.2, 0.25) is 0 Å². The van der Waals surface area contributed by atoms with Crippen molar-refractivity contribution in [1.29, 1.82) is 0 Å². The minimum Gasteiger partial charge on any atom is -0.481 e. The van der Waals surface area contributed by atoms with Crippen molar-refractivity contribution in [2.24, 2.45) is 0 Å². The van der Waals surface area contributed by atoms with Crippen LogP contribution in [0.5, 0.6) is 0 Å². The van der Waals surface area contributed by atoms with Gasteiger partial charge in [-0.1, -0.05) is 78.1 Å². The van der Waals surface area contributed by atoms with E-state index in [9.17, 15) is 4.79 Å². The molecule has 4 N–H and O–H groups in total. The van der Waals surface area contributed by atoms with Crippen molar-refractivity contribution in [3.63, 3.8) is 0 Å². The molecule has 34 heavy (non-hydrogen) atoms. The molecule has 0 aromatic heterocycles. The number of hydrogen-bond donors (Lipinski definition) is 4. The minimum absolute atomic E-state index is 0.133. The Kier molecular flexibility index (Phi) is 41.7. The zero-order chi connectivity index (χ0) is 27.0. The van der Waals surface area contributed by atoms with Crippen LogP contribution in [-0.4, -0.2) is 70.9 Å². The molecule has 206 valence electrons. The Morgan fingerprint density at radius 1 is 0.676 bits per heavy atom. The van der Waals surface area contributed by atoms with Gasteiger partial charge < -0.3 is 29.9 Å². The maximum absolute atomic E-state index is 10.0. The number of ether oxygens (including phenoxy) is 2. The zero-order valence-electron chi connectivity index (χ0n) is 22.2. The van der Waals surface area contributed by atoms with E-state index in [1.807, 2.05) is 0 Å². The lowest BCUT2D eigenvalue weighted by Gasteiger charge is -2.05. The topological polar surface area (TPSA) is 151 Å². The highest BCUT2D eigenvalue weighted by Crippen LogP contribution is 2.07. The van der Waals surface area contributed by atoms with Crippen molar-refractivity contribution in [3.05, 3.63) is 0 Å². The molecule has 9 heteroatoms. The standard InChI is InChI=1S/C16H34O.C5H10O4.2C2H4O2/c1-3-5-7-9-11-13-15-17-16-14-12-10-8-6-4-2;1-4(7)9-3-5(8)2-6;2*1-2(3)4/h3-16H2,1-2H3;5-6,8H,2-3H2,1H3;2*1H3,(H,3,4). The van der Waals surface area contributed by atoms with Gasteiger partial charge in [0.15, 0.2) is 0 Å². The van der Waals surface area contributed by atoms with E-state index in [0.29, 0.717) is 0 Å². The fourth-order valence-electron chi connectivity index (χ4n) is 2.34. The third-order valence-corrected chi connectivity index (χ3v) is 3.97. The summed E-state index contributed by atoms with van der Waals surface area (Å²) >= 11 is 0. The van der Waals surface area contributed by atoms with E-state index < -0.39 is 24.0 Å². The molecule has 0 spiro atoms. The summed E-state index contributed by atoms with van der Waals surface area (Å²) < 4.78 is 9.99. The van der Waals surface area contributed by atoms with Crippen molar-refractivity contribution in [1.82, 2.24) is 0 Å². The van der Waals surface area contributed by atoms with Gasteiger partial charge in [0.1, 0.15) is 12.7 Å². The van der Waals surface area contributed by atoms with Crippen LogP contribution in [0.4, 0.5) is 0 Å². The quantitative estimate of drug-likeness (QED) is 0.164. The van der Waals surface area contributed by atoms with Crippen LogP contribution in [0.1, 0.15) is 112 Å². The number of esters is 1. The molecule has 0 rings (SSSR count). The fraction of sp³-hybridized carbons (Fsp3) is 0.880. The molecule has 0 saturated carbocycles. The number of aliphatic carboxylic acids is 2. The van der Waals surface area contributed by atoms with Crippen LogP contribution in [0.2, 0.25) is 0 Å². The second kappa shape index (κ2) is 35.9. The second-order valence-electron chi connectivity index (χ2n) is 7.82. The number of aliphatic hydroxyl groups excluding tert-OH is 2. The van der Waals surface area contributed by atoms with Crippen molar-refractivity contribution >= 4 is 17.9 Å². The molecular formula is C25H52O9. The van der Waals surface area contributed by atoms with Gasteiger partial charge in [-0.05, 0) is 12.8 Å². The lowest BCUT2D eigenvalue weighted by molar-refractivity contribution is -0.144. The number of aliphatic hydroxyl groups is 2. The fourth-order valence-corrected chi connectivity index (χ4v) is 2.34. The molecule has 0 aliphatic heterocycles. The Hall–Kier alpha value is -1.71. The first-order valence-corrected chi connectivity index (χ1v) is 12.4. The number of carboxylic acids is 2. The summed E-state index contributed by atoms with van der Waals surface area (Å²) in [5.74, 6) is -2.12. The molecule has 0 fully saturated rings. The first-order chi connectivity index (χ1) is 16.0. The smallest absolute Gasteiger partial charge is 0.302 e. The maximum Gasteiger partial charge on any atom is 0.302 e. The van der Waals surface area contributed by atoms with Gasteiger partial charge in [0.25, 0.3) is 11.9 Å². The summed E-state index contributed by atoms with van der Waals surface area (Å²) in [5, 5.41) is 31.6. The Morgan fingerprint density at radius 2 is 1.00 bits per heavy atom. The maximum atomic E-state index is 10.0. The van der Waals surface area contributed by atoms with Crippen LogP contribution in [0.25, 0.3) is 0 Å². The van der Waals surface area contributed by atoms with Crippen molar-refractivity contribution in [2.75, 3.05) is 26.4 Å². The summed E-state index contributed by atoms with van der Waals surface area (Å²) in [6.07, 6.45) is 15.4. The third kappa shape index (κ3) is 69.8. The van der Waals surface area contributed by atoms with Gasteiger partial charge in [-0.2, -0.15) is 0 Å². The van der Waals surface area contributed by atoms with Crippen LogP contribution in [0.15, 0.2) is 0 Å². The average molecular weight is 497 g/mol. The van der Waals surface area contributed by atoms with E-state index in [-0.39, 0.29) is 13.2 Å². The summed E-state index contributed by atoms with van der Waals surface area (Å²) in [6.45, 7) is 9.40. The minimum atomic E-state index is -0.950. The van der Waals surface area contributed by atoms with Gasteiger partial charge >= 0.3 is 5.97 Å². The first kappa shape index (κ1) is 39.5. The number of hydrogen-bond acceptors (Lipinski definition) is 7. The number of carbonyl (C=O) groups excluding carboxylic acids is 1. The van der Waals surface area contributed by atoms with E-state index in [0.717, 1.165) is 27.1 Å². The molecule has 0 radical (unpaired) electrons. The van der Waals surface area contributed by atoms with Crippen molar-refractivity contribution in [3.8, 4) is 0 Å². The average Bonchev–Trinajstić information content (AvgIpc) is 2.75. The first-order valence-electron chi connectivity index (χ1n) is 12.4. The number of rotatable bonds is 17. The van der Waals surface area contributed by atoms with Crippen LogP contribution < -0.4 is 0 Å². The van der Waals surface area contributed by atoms with Crippen molar-refractivity contribution in [2.45, 2.75) is 118 Å². The molecule has 0 aromatic rings. The Balaban J connectivity index is -0.000000219. The van der Waals surface area contributed by atoms with Crippen LogP contribution >= 0.6 is 0 Å². The van der Waals surface area contributed by atoms with Crippen molar-refractivity contribution < 1.29 is 44.3 Å². The molecule has 0 aliphatic carbocycles. The molecule has 9 nitrogen and oxygen atoms in total. The van der Waals surface area contributed by atoms with E-state index in [4.69, 9.17) is 34.8 Å². The third-order valence-electron chi connectivity index (χ3n) is 3.97. The lowest BCUT2D eigenvalue weighted by Crippen LogP contribution is -2.20. The predicted molar refractivity (Wildman–Crippen MR) is 134 cm³/mol. The Morgan fingerprint density at radius 3 is 1.29 bits per heavy atom. The number of carboxylic acid groups (broad SMARTS) is 2. The summed E-state index contributed by atoms with van der Waals surface area (Å²) in [7, 11) is 0. The predicted octanol–water partition coefficient (Wildman–Crippen LogP) is 4.81. The largest absolute Gasteiger partial charge is 0.481 e. The van der Waals surface area contributed by atoms with Gasteiger partial charge in [-0.25, -0.2) is 0 Å². The van der Waals surface area contributed by atoms with Gasteiger partial charge in [0.05, 0.1) is 6.61 Å². The summed E-state index contributed by atoms with van der Waals surface area (Å²) in [4.78, 5) is 28.0. The highest BCUT2D eigenvalue weighted by molar-refractivity contribution is 5.65. The molecule has 0 heterocycles. The molecule has 0 saturated heterocycles. The van der Waals surface area contributed by atoms with Gasteiger partial charge in [-0.3, -0.25) is 14.4 Å².